The van der Waals surface area contributed by atoms with Gasteiger partial charge in [-0.1, -0.05) is 0 Å². The minimum absolute atomic E-state index is 0.447. The molecule has 2 N–H and O–H groups in total. The van der Waals surface area contributed by atoms with Gasteiger partial charge in [0.1, 0.15) is 0 Å². The van der Waals surface area contributed by atoms with Crippen LogP contribution in [0.15, 0.2) is 10.9 Å². The zero-order valence-corrected chi connectivity index (χ0v) is 10.0. The molecular weight excluding hydrogens is 206 g/mol. The van der Waals surface area contributed by atoms with Gasteiger partial charge >= 0.3 is 0 Å². The molecule has 0 amide bonds. The molecule has 0 aliphatic heterocycles. The third-order valence-corrected chi connectivity index (χ3v) is 3.70. The van der Waals surface area contributed by atoms with Crippen LogP contribution in [-0.4, -0.2) is 29.5 Å². The quantitative estimate of drug-likeness (QED) is 0.848. The molecule has 0 saturated heterocycles. The highest BCUT2D eigenvalue weighted by atomic mass is 32.1. The van der Waals surface area contributed by atoms with Crippen molar-refractivity contribution in [1.82, 2.24) is 9.88 Å². The van der Waals surface area contributed by atoms with Gasteiger partial charge in [0.15, 0.2) is 0 Å². The molecule has 2 rings (SSSR count). The summed E-state index contributed by atoms with van der Waals surface area (Å²) in [6.07, 6.45) is 3.69. The maximum absolute atomic E-state index is 5.91. The van der Waals surface area contributed by atoms with Gasteiger partial charge in [-0.15, -0.1) is 11.3 Å². The average molecular weight is 225 g/mol. The predicted molar refractivity (Wildman–Crippen MR) is 63.8 cm³/mol. The molecule has 84 valence electrons. The van der Waals surface area contributed by atoms with E-state index in [2.05, 4.69) is 22.3 Å². The number of nitrogens with two attached hydrogens (primary N) is 1. The minimum atomic E-state index is 0.447. The fraction of sp³-hybridized carbons (Fsp3) is 0.727. The summed E-state index contributed by atoms with van der Waals surface area (Å²) < 4.78 is 0. The van der Waals surface area contributed by atoms with Crippen LogP contribution in [0.2, 0.25) is 0 Å². The first-order chi connectivity index (χ1) is 7.24. The maximum Gasteiger partial charge on any atom is 0.0795 e. The summed E-state index contributed by atoms with van der Waals surface area (Å²) in [5, 5.41) is 2.12. The highest BCUT2D eigenvalue weighted by Gasteiger charge is 2.22. The Hall–Kier alpha value is -0.450. The second kappa shape index (κ2) is 5.05. The number of rotatable bonds is 4. The lowest BCUT2D eigenvalue weighted by Gasteiger charge is -2.19. The molecule has 1 aromatic heterocycles. The topological polar surface area (TPSA) is 42.2 Å². The Labute approximate surface area is 95.3 Å². The van der Waals surface area contributed by atoms with Crippen LogP contribution in [-0.2, 0) is 6.54 Å². The molecule has 0 radical (unpaired) electrons. The van der Waals surface area contributed by atoms with Crippen molar-refractivity contribution < 1.29 is 0 Å². The summed E-state index contributed by atoms with van der Waals surface area (Å²) in [5.41, 5.74) is 8.99. The van der Waals surface area contributed by atoms with Gasteiger partial charge in [-0.25, -0.2) is 4.98 Å². The summed E-state index contributed by atoms with van der Waals surface area (Å²) >= 11 is 1.67. The molecule has 0 bridgehead atoms. The third kappa shape index (κ3) is 3.26. The molecular formula is C11H19N3S. The zero-order valence-electron chi connectivity index (χ0n) is 9.22. The van der Waals surface area contributed by atoms with Gasteiger partial charge in [0.25, 0.3) is 0 Å². The molecule has 3 nitrogen and oxygen atoms in total. The Morgan fingerprint density at radius 2 is 2.47 bits per heavy atom. The van der Waals surface area contributed by atoms with E-state index in [1.807, 2.05) is 5.51 Å². The third-order valence-electron chi connectivity index (χ3n) is 3.07. The van der Waals surface area contributed by atoms with Gasteiger partial charge in [-0.05, 0) is 32.2 Å². The first-order valence-corrected chi connectivity index (χ1v) is 6.49. The SMILES string of the molecule is CN(Cc1cscn1)CC1CCC(N)C1. The van der Waals surface area contributed by atoms with E-state index >= 15 is 0 Å². The predicted octanol–water partition coefficient (Wildman–Crippen LogP) is 1.70. The largest absolute Gasteiger partial charge is 0.328 e. The van der Waals surface area contributed by atoms with E-state index in [1.54, 1.807) is 11.3 Å². The second-order valence-electron chi connectivity index (χ2n) is 4.62. The summed E-state index contributed by atoms with van der Waals surface area (Å²) in [6.45, 7) is 2.13. The number of thiazole rings is 1. The van der Waals surface area contributed by atoms with E-state index < -0.39 is 0 Å². The number of aromatic nitrogens is 1. The van der Waals surface area contributed by atoms with E-state index in [-0.39, 0.29) is 0 Å². The molecule has 1 aromatic rings. The van der Waals surface area contributed by atoms with Gasteiger partial charge in [0.2, 0.25) is 0 Å². The average Bonchev–Trinajstić information content (AvgIpc) is 2.77. The molecule has 0 spiro atoms. The smallest absolute Gasteiger partial charge is 0.0795 e. The number of hydrogen-bond donors (Lipinski definition) is 1. The van der Waals surface area contributed by atoms with Crippen molar-refractivity contribution in [2.45, 2.75) is 31.8 Å². The summed E-state index contributed by atoms with van der Waals surface area (Å²) in [5.74, 6) is 0.795. The Bertz CT molecular complexity index is 286. The molecule has 1 saturated carbocycles. The molecule has 1 heterocycles. The van der Waals surface area contributed by atoms with Crippen LogP contribution in [0.25, 0.3) is 0 Å². The molecule has 1 fully saturated rings. The van der Waals surface area contributed by atoms with Crippen molar-refractivity contribution in [2.75, 3.05) is 13.6 Å². The Morgan fingerprint density at radius 1 is 1.60 bits per heavy atom. The number of nitrogens with zero attached hydrogens (tertiary/aromatic N) is 2. The van der Waals surface area contributed by atoms with Crippen LogP contribution in [0, 0.1) is 5.92 Å². The van der Waals surface area contributed by atoms with Crippen molar-refractivity contribution in [2.24, 2.45) is 11.7 Å². The second-order valence-corrected chi connectivity index (χ2v) is 5.33. The van der Waals surface area contributed by atoms with Crippen LogP contribution in [0.4, 0.5) is 0 Å². The Morgan fingerprint density at radius 3 is 3.07 bits per heavy atom. The zero-order chi connectivity index (χ0) is 10.7. The molecule has 4 heteroatoms. The van der Waals surface area contributed by atoms with Crippen LogP contribution >= 0.6 is 11.3 Å². The molecule has 2 atom stereocenters. The minimum Gasteiger partial charge on any atom is -0.328 e. The lowest BCUT2D eigenvalue weighted by molar-refractivity contribution is 0.268. The van der Waals surface area contributed by atoms with Crippen LogP contribution in [0.3, 0.4) is 0 Å². The summed E-state index contributed by atoms with van der Waals surface area (Å²) in [7, 11) is 2.17. The van der Waals surface area contributed by atoms with E-state index in [4.69, 9.17) is 5.73 Å². The van der Waals surface area contributed by atoms with Crippen molar-refractivity contribution in [1.29, 1.82) is 0 Å². The van der Waals surface area contributed by atoms with E-state index in [0.717, 1.165) is 19.0 Å². The molecule has 1 aliphatic rings. The Kier molecular flexibility index (Phi) is 3.72. The van der Waals surface area contributed by atoms with Crippen LogP contribution < -0.4 is 5.73 Å². The van der Waals surface area contributed by atoms with Crippen molar-refractivity contribution >= 4 is 11.3 Å². The van der Waals surface area contributed by atoms with Crippen molar-refractivity contribution in [3.05, 3.63) is 16.6 Å². The van der Waals surface area contributed by atoms with Gasteiger partial charge < -0.3 is 10.6 Å². The van der Waals surface area contributed by atoms with Crippen molar-refractivity contribution in [3.63, 3.8) is 0 Å². The fourth-order valence-corrected chi connectivity index (χ4v) is 2.93. The highest BCUT2D eigenvalue weighted by molar-refractivity contribution is 7.07. The standard InChI is InChI=1S/C11H19N3S/c1-14(6-11-7-15-8-13-11)5-9-2-3-10(12)4-9/h7-10H,2-6,12H2,1H3. The maximum atomic E-state index is 5.91. The lowest BCUT2D eigenvalue weighted by atomic mass is 10.1. The highest BCUT2D eigenvalue weighted by Crippen LogP contribution is 2.24. The molecule has 15 heavy (non-hydrogen) atoms. The van der Waals surface area contributed by atoms with Gasteiger partial charge in [-0.2, -0.15) is 0 Å². The summed E-state index contributed by atoms with van der Waals surface area (Å²) in [4.78, 5) is 6.66. The fourth-order valence-electron chi connectivity index (χ4n) is 2.38. The monoisotopic (exact) mass is 225 g/mol. The molecule has 1 aliphatic carbocycles. The number of hydrogen-bond acceptors (Lipinski definition) is 4. The summed E-state index contributed by atoms with van der Waals surface area (Å²) in [6, 6.07) is 0.447. The van der Waals surface area contributed by atoms with Gasteiger partial charge in [0.05, 0.1) is 11.2 Å². The Balaban J connectivity index is 1.75. The first kappa shape index (κ1) is 11.0. The lowest BCUT2D eigenvalue weighted by Crippen LogP contribution is -2.25. The molecule has 0 aromatic carbocycles. The molecule has 2 unspecified atom stereocenters. The van der Waals surface area contributed by atoms with Gasteiger partial charge in [0, 0.05) is 24.5 Å². The van der Waals surface area contributed by atoms with E-state index in [1.165, 1.54) is 25.0 Å². The van der Waals surface area contributed by atoms with Crippen LogP contribution in [0.5, 0.6) is 0 Å². The van der Waals surface area contributed by atoms with E-state index in [0.29, 0.717) is 6.04 Å². The first-order valence-electron chi connectivity index (χ1n) is 5.55. The normalized spacial score (nSPS) is 26.3. The van der Waals surface area contributed by atoms with Crippen LogP contribution in [0.1, 0.15) is 25.0 Å². The van der Waals surface area contributed by atoms with E-state index in [9.17, 15) is 0 Å². The van der Waals surface area contributed by atoms with Crippen molar-refractivity contribution in [3.8, 4) is 0 Å². The van der Waals surface area contributed by atoms with Gasteiger partial charge in [-0.3, -0.25) is 0 Å².